The average molecular weight is 352 g/mol. The number of carbonyl (C=O) groups excluding carboxylic acids is 2. The Morgan fingerprint density at radius 2 is 1.77 bits per heavy atom. The van der Waals surface area contributed by atoms with Gasteiger partial charge in [-0.3, -0.25) is 14.4 Å². The molecule has 1 aliphatic carbocycles. The molecule has 2 N–H and O–H groups in total. The minimum atomic E-state index is -0.594. The Morgan fingerprint density at radius 3 is 2.38 bits per heavy atom. The summed E-state index contributed by atoms with van der Waals surface area (Å²) in [5.74, 6) is -0.639. The molecule has 0 spiro atoms. The van der Waals surface area contributed by atoms with Crippen molar-refractivity contribution in [3.8, 4) is 0 Å². The Labute approximate surface area is 153 Å². The van der Waals surface area contributed by atoms with E-state index in [9.17, 15) is 9.59 Å². The lowest BCUT2D eigenvalue weighted by Gasteiger charge is -2.24. The lowest BCUT2D eigenvalue weighted by Crippen LogP contribution is -2.32. The van der Waals surface area contributed by atoms with Crippen molar-refractivity contribution in [1.82, 2.24) is 5.06 Å². The first kappa shape index (κ1) is 18.1. The topological polar surface area (TPSA) is 72.6 Å². The van der Waals surface area contributed by atoms with Gasteiger partial charge in [-0.15, -0.1) is 0 Å². The third-order valence-electron chi connectivity index (χ3n) is 4.99. The number of primary amides is 1. The number of benzene rings is 2. The van der Waals surface area contributed by atoms with Crippen molar-refractivity contribution in [2.24, 2.45) is 5.73 Å². The second-order valence-electron chi connectivity index (χ2n) is 6.63. The first-order valence-corrected chi connectivity index (χ1v) is 8.94. The summed E-state index contributed by atoms with van der Waals surface area (Å²) in [6.07, 6.45) is 4.32. The maximum absolute atomic E-state index is 13.3. The molecule has 2 aromatic carbocycles. The summed E-state index contributed by atoms with van der Waals surface area (Å²) in [6, 6.07) is 15.0. The lowest BCUT2D eigenvalue weighted by atomic mass is 9.89. The lowest BCUT2D eigenvalue weighted by molar-refractivity contribution is -0.102. The van der Waals surface area contributed by atoms with Gasteiger partial charge in [-0.1, -0.05) is 55.3 Å². The number of nitrogens with two attached hydrogens (primary N) is 1. The fraction of sp³-hybridized carbons (Fsp3) is 0.333. The predicted molar refractivity (Wildman–Crippen MR) is 99.5 cm³/mol. The molecule has 0 aromatic heterocycles. The van der Waals surface area contributed by atoms with Crippen LogP contribution in [0, 0.1) is 0 Å². The van der Waals surface area contributed by atoms with Gasteiger partial charge in [0.15, 0.2) is 0 Å². The van der Waals surface area contributed by atoms with Gasteiger partial charge >= 0.3 is 0 Å². The van der Waals surface area contributed by atoms with Gasteiger partial charge in [-0.2, -0.15) is 0 Å². The normalized spacial score (nSPS) is 14.3. The smallest absolute Gasteiger partial charge is 0.278 e. The third kappa shape index (κ3) is 3.78. The van der Waals surface area contributed by atoms with Crippen molar-refractivity contribution in [3.63, 3.8) is 0 Å². The molecule has 1 aliphatic rings. The number of amides is 2. The molecule has 1 fully saturated rings. The first-order valence-electron chi connectivity index (χ1n) is 8.94. The molecular formula is C21H24N2O3. The van der Waals surface area contributed by atoms with Crippen LogP contribution in [0.2, 0.25) is 0 Å². The summed E-state index contributed by atoms with van der Waals surface area (Å²) in [5, 5.41) is 1.29. The molecule has 3 rings (SSSR count). The van der Waals surface area contributed by atoms with E-state index in [4.69, 9.17) is 10.6 Å². The molecule has 0 aliphatic heterocycles. The van der Waals surface area contributed by atoms with Crippen LogP contribution in [0.5, 0.6) is 0 Å². The Hall–Kier alpha value is -2.66. The Morgan fingerprint density at radius 1 is 1.08 bits per heavy atom. The highest BCUT2D eigenvalue weighted by atomic mass is 16.7. The number of rotatable bonds is 6. The van der Waals surface area contributed by atoms with E-state index in [1.165, 1.54) is 12.2 Å². The van der Waals surface area contributed by atoms with E-state index in [1.807, 2.05) is 36.4 Å². The van der Waals surface area contributed by atoms with Gasteiger partial charge in [0.2, 0.25) is 5.91 Å². The SMILES string of the molecule is CON(Cc1ccccc1)C(=O)c1c(C(N)=O)cccc1C1CCCC1. The van der Waals surface area contributed by atoms with Crippen LogP contribution in [0.1, 0.15) is 63.4 Å². The highest BCUT2D eigenvalue weighted by Crippen LogP contribution is 2.37. The Bertz CT molecular complexity index is 783. The highest BCUT2D eigenvalue weighted by molar-refractivity contribution is 6.07. The van der Waals surface area contributed by atoms with E-state index in [2.05, 4.69) is 0 Å². The van der Waals surface area contributed by atoms with E-state index in [0.29, 0.717) is 12.1 Å². The van der Waals surface area contributed by atoms with Crippen LogP contribution in [-0.4, -0.2) is 24.0 Å². The van der Waals surface area contributed by atoms with Crippen molar-refractivity contribution < 1.29 is 14.4 Å². The largest absolute Gasteiger partial charge is 0.366 e. The molecule has 2 aromatic rings. The number of hydrogen-bond donors (Lipinski definition) is 1. The second kappa shape index (κ2) is 8.15. The van der Waals surface area contributed by atoms with Crippen LogP contribution < -0.4 is 5.73 Å². The molecule has 5 heteroatoms. The van der Waals surface area contributed by atoms with Gasteiger partial charge in [-0.25, -0.2) is 5.06 Å². The van der Waals surface area contributed by atoms with Crippen molar-refractivity contribution in [2.45, 2.75) is 38.1 Å². The van der Waals surface area contributed by atoms with Gasteiger partial charge in [-0.05, 0) is 36.0 Å². The zero-order valence-electron chi connectivity index (χ0n) is 15.0. The molecule has 26 heavy (non-hydrogen) atoms. The van der Waals surface area contributed by atoms with Crippen molar-refractivity contribution in [1.29, 1.82) is 0 Å². The molecule has 0 radical (unpaired) electrons. The Kier molecular flexibility index (Phi) is 5.68. The third-order valence-corrected chi connectivity index (χ3v) is 4.99. The molecule has 0 heterocycles. The van der Waals surface area contributed by atoms with Crippen LogP contribution in [0.25, 0.3) is 0 Å². The minimum Gasteiger partial charge on any atom is -0.366 e. The standard InChI is InChI=1S/C21H24N2O3/c1-26-23(14-15-8-3-2-4-9-15)21(25)19-17(16-10-5-6-11-16)12-7-13-18(19)20(22)24/h2-4,7-9,12-13,16H,5-6,10-11,14H2,1H3,(H2,22,24). The average Bonchev–Trinajstić information content (AvgIpc) is 3.20. The minimum absolute atomic E-state index is 0.259. The van der Waals surface area contributed by atoms with Crippen molar-refractivity contribution in [3.05, 3.63) is 70.8 Å². The van der Waals surface area contributed by atoms with Gasteiger partial charge < -0.3 is 5.73 Å². The van der Waals surface area contributed by atoms with E-state index in [-0.39, 0.29) is 17.4 Å². The monoisotopic (exact) mass is 352 g/mol. The number of carbonyl (C=O) groups is 2. The van der Waals surface area contributed by atoms with Gasteiger partial charge in [0.05, 0.1) is 24.8 Å². The summed E-state index contributed by atoms with van der Waals surface area (Å²) in [4.78, 5) is 30.6. The van der Waals surface area contributed by atoms with Gasteiger partial charge in [0.1, 0.15) is 0 Å². The zero-order valence-corrected chi connectivity index (χ0v) is 15.0. The van der Waals surface area contributed by atoms with Crippen LogP contribution in [0.3, 0.4) is 0 Å². The van der Waals surface area contributed by atoms with Crippen molar-refractivity contribution in [2.75, 3.05) is 7.11 Å². The summed E-state index contributed by atoms with van der Waals surface area (Å²) < 4.78 is 0. The first-order chi connectivity index (χ1) is 12.6. The van der Waals surface area contributed by atoms with Crippen LogP contribution in [0.15, 0.2) is 48.5 Å². The van der Waals surface area contributed by atoms with Gasteiger partial charge in [0.25, 0.3) is 5.91 Å². The molecule has 1 saturated carbocycles. The molecule has 0 atom stereocenters. The van der Waals surface area contributed by atoms with Crippen LogP contribution >= 0.6 is 0 Å². The molecule has 2 amide bonds. The van der Waals surface area contributed by atoms with E-state index >= 15 is 0 Å². The Balaban J connectivity index is 1.99. The van der Waals surface area contributed by atoms with Crippen LogP contribution in [0.4, 0.5) is 0 Å². The molecule has 0 saturated heterocycles. The number of hydroxylamine groups is 2. The quantitative estimate of drug-likeness (QED) is 0.807. The molecule has 0 bridgehead atoms. The van der Waals surface area contributed by atoms with E-state index < -0.39 is 5.91 Å². The maximum Gasteiger partial charge on any atom is 0.278 e. The van der Waals surface area contributed by atoms with E-state index in [0.717, 1.165) is 36.8 Å². The van der Waals surface area contributed by atoms with Crippen molar-refractivity contribution >= 4 is 11.8 Å². The van der Waals surface area contributed by atoms with E-state index in [1.54, 1.807) is 12.1 Å². The number of hydrogen-bond acceptors (Lipinski definition) is 3. The number of nitrogens with zero attached hydrogens (tertiary/aromatic N) is 1. The van der Waals surface area contributed by atoms with Gasteiger partial charge in [0, 0.05) is 0 Å². The molecule has 136 valence electrons. The summed E-state index contributed by atoms with van der Waals surface area (Å²) in [6.45, 7) is 0.299. The summed E-state index contributed by atoms with van der Waals surface area (Å²) >= 11 is 0. The fourth-order valence-corrected chi connectivity index (χ4v) is 3.68. The van der Waals surface area contributed by atoms with Crippen LogP contribution in [-0.2, 0) is 11.4 Å². The summed E-state index contributed by atoms with van der Waals surface area (Å²) in [5.41, 5.74) is 8.05. The molecular weight excluding hydrogens is 328 g/mol. The predicted octanol–water partition coefficient (Wildman–Crippen LogP) is 3.65. The zero-order chi connectivity index (χ0) is 18.5. The second-order valence-corrected chi connectivity index (χ2v) is 6.63. The fourth-order valence-electron chi connectivity index (χ4n) is 3.68. The molecule has 5 nitrogen and oxygen atoms in total. The summed E-state index contributed by atoms with van der Waals surface area (Å²) in [7, 11) is 1.46. The molecule has 0 unspecified atom stereocenters. The maximum atomic E-state index is 13.3. The highest BCUT2D eigenvalue weighted by Gasteiger charge is 2.29.